The van der Waals surface area contributed by atoms with Gasteiger partial charge in [-0.05, 0) is 55.7 Å². The van der Waals surface area contributed by atoms with Gasteiger partial charge >= 0.3 is 0 Å². The van der Waals surface area contributed by atoms with Crippen LogP contribution in [0.1, 0.15) is 17.5 Å². The molecule has 34 heavy (non-hydrogen) atoms. The highest BCUT2D eigenvalue weighted by Crippen LogP contribution is 2.36. The fourth-order valence-electron chi connectivity index (χ4n) is 4.13. The summed E-state index contributed by atoms with van der Waals surface area (Å²) in [5.74, 6) is 0.465. The number of sulfonamides is 1. The molecule has 0 bridgehead atoms. The fraction of sp³-hybridized carbons (Fsp3) is 0.269. The molecule has 7 nitrogen and oxygen atoms in total. The van der Waals surface area contributed by atoms with Crippen LogP contribution in [0.25, 0.3) is 0 Å². The largest absolute Gasteiger partial charge is 0.497 e. The molecule has 3 aromatic carbocycles. The average Bonchev–Trinajstić information content (AvgIpc) is 2.86. The predicted molar refractivity (Wildman–Crippen MR) is 132 cm³/mol. The third kappa shape index (κ3) is 4.59. The lowest BCUT2D eigenvalue weighted by molar-refractivity contribution is -0.117. The highest BCUT2D eigenvalue weighted by atomic mass is 32.2. The first kappa shape index (κ1) is 23.6. The summed E-state index contributed by atoms with van der Waals surface area (Å²) in [4.78, 5) is 15.3. The molecule has 4 rings (SSSR count). The molecule has 0 N–H and O–H groups in total. The zero-order valence-electron chi connectivity index (χ0n) is 19.5. The SMILES string of the molecule is COc1ccc(OC)c(N(CC(=O)N2CCCc3ccccc32)S(=O)(=O)c2ccc(C)cc2)c1. The van der Waals surface area contributed by atoms with Gasteiger partial charge in [0.2, 0.25) is 5.91 Å². The second-order valence-electron chi connectivity index (χ2n) is 8.14. The normalized spacial score (nSPS) is 13.2. The summed E-state index contributed by atoms with van der Waals surface area (Å²) in [6.45, 7) is 2.04. The Morgan fingerprint density at radius 2 is 1.74 bits per heavy atom. The molecule has 8 heteroatoms. The Kier molecular flexibility index (Phi) is 6.79. The van der Waals surface area contributed by atoms with Gasteiger partial charge in [0.15, 0.2) is 0 Å². The van der Waals surface area contributed by atoms with Gasteiger partial charge in [0.05, 0.1) is 24.8 Å². The Labute approximate surface area is 200 Å². The second kappa shape index (κ2) is 9.77. The van der Waals surface area contributed by atoms with Crippen molar-refractivity contribution in [1.82, 2.24) is 0 Å². The topological polar surface area (TPSA) is 76.2 Å². The average molecular weight is 481 g/mol. The number of carbonyl (C=O) groups excluding carboxylic acids is 1. The minimum atomic E-state index is -4.09. The van der Waals surface area contributed by atoms with E-state index < -0.39 is 10.0 Å². The Balaban J connectivity index is 1.79. The van der Waals surface area contributed by atoms with E-state index in [-0.39, 0.29) is 23.0 Å². The molecule has 1 heterocycles. The lowest BCUT2D eigenvalue weighted by atomic mass is 10.0. The number of anilines is 2. The number of aryl methyl sites for hydroxylation is 2. The predicted octanol–water partition coefficient (Wildman–Crippen LogP) is 4.19. The van der Waals surface area contributed by atoms with Crippen LogP contribution in [0.5, 0.6) is 11.5 Å². The number of fused-ring (bicyclic) bond motifs is 1. The maximum absolute atomic E-state index is 13.8. The molecule has 0 atom stereocenters. The Morgan fingerprint density at radius 3 is 2.44 bits per heavy atom. The van der Waals surface area contributed by atoms with Crippen LogP contribution in [0.15, 0.2) is 71.6 Å². The molecule has 0 aliphatic carbocycles. The van der Waals surface area contributed by atoms with E-state index in [9.17, 15) is 13.2 Å². The molecule has 0 saturated heterocycles. The van der Waals surface area contributed by atoms with Crippen LogP contribution in [0.2, 0.25) is 0 Å². The molecular formula is C26H28N2O5S. The summed E-state index contributed by atoms with van der Waals surface area (Å²) < 4.78 is 39.6. The van der Waals surface area contributed by atoms with Crippen molar-refractivity contribution in [2.45, 2.75) is 24.7 Å². The van der Waals surface area contributed by atoms with Gasteiger partial charge in [-0.3, -0.25) is 9.10 Å². The van der Waals surface area contributed by atoms with Crippen molar-refractivity contribution in [2.75, 3.05) is 36.5 Å². The third-order valence-corrected chi connectivity index (χ3v) is 7.73. The highest BCUT2D eigenvalue weighted by Gasteiger charge is 2.32. The van der Waals surface area contributed by atoms with Gasteiger partial charge in [-0.2, -0.15) is 0 Å². The minimum Gasteiger partial charge on any atom is -0.497 e. The van der Waals surface area contributed by atoms with Crippen molar-refractivity contribution < 1.29 is 22.7 Å². The van der Waals surface area contributed by atoms with Crippen LogP contribution in [0, 0.1) is 6.92 Å². The number of rotatable bonds is 7. The molecule has 178 valence electrons. The Hall–Kier alpha value is -3.52. The summed E-state index contributed by atoms with van der Waals surface area (Å²) in [7, 11) is -1.13. The molecule has 0 fully saturated rings. The van der Waals surface area contributed by atoms with Gasteiger partial charge in [0, 0.05) is 18.3 Å². The van der Waals surface area contributed by atoms with Crippen LogP contribution in [-0.4, -0.2) is 41.6 Å². The summed E-state index contributed by atoms with van der Waals surface area (Å²) in [6, 6.07) is 19.2. The van der Waals surface area contributed by atoms with Crippen LogP contribution >= 0.6 is 0 Å². The highest BCUT2D eigenvalue weighted by molar-refractivity contribution is 7.92. The number of amides is 1. The molecule has 0 radical (unpaired) electrons. The van der Waals surface area contributed by atoms with Gasteiger partial charge in [-0.15, -0.1) is 0 Å². The maximum Gasteiger partial charge on any atom is 0.264 e. The van der Waals surface area contributed by atoms with Crippen molar-refractivity contribution in [3.63, 3.8) is 0 Å². The molecule has 0 aromatic heterocycles. The van der Waals surface area contributed by atoms with E-state index >= 15 is 0 Å². The summed E-state index contributed by atoms with van der Waals surface area (Å²) >= 11 is 0. The second-order valence-corrected chi connectivity index (χ2v) is 10.0. The zero-order chi connectivity index (χ0) is 24.3. The fourth-order valence-corrected chi connectivity index (χ4v) is 5.55. The number of carbonyl (C=O) groups is 1. The molecule has 0 saturated carbocycles. The standard InChI is InChI=1S/C26H28N2O5S/c1-19-10-13-22(14-11-19)34(30,31)28(24-17-21(32-2)12-15-25(24)33-3)18-26(29)27-16-6-8-20-7-4-5-9-23(20)27/h4-5,7,9-15,17H,6,8,16,18H2,1-3H3. The Bertz CT molecular complexity index is 1290. The zero-order valence-corrected chi connectivity index (χ0v) is 20.3. The summed E-state index contributed by atoms with van der Waals surface area (Å²) in [6.07, 6.45) is 1.70. The molecule has 0 unspecified atom stereocenters. The maximum atomic E-state index is 13.8. The lowest BCUT2D eigenvalue weighted by Gasteiger charge is -2.32. The lowest BCUT2D eigenvalue weighted by Crippen LogP contribution is -2.45. The molecule has 0 spiro atoms. The van der Waals surface area contributed by atoms with E-state index in [1.165, 1.54) is 14.2 Å². The number of para-hydroxylation sites is 1. The molecular weight excluding hydrogens is 452 g/mol. The first-order valence-electron chi connectivity index (χ1n) is 11.0. The van der Waals surface area contributed by atoms with E-state index in [0.717, 1.165) is 34.0 Å². The van der Waals surface area contributed by atoms with E-state index in [0.29, 0.717) is 18.0 Å². The third-order valence-electron chi connectivity index (χ3n) is 5.95. The molecule has 3 aromatic rings. The van der Waals surface area contributed by atoms with Gasteiger partial charge in [0.1, 0.15) is 18.0 Å². The number of hydrogen-bond acceptors (Lipinski definition) is 5. The quantitative estimate of drug-likeness (QED) is 0.507. The van der Waals surface area contributed by atoms with E-state index in [1.807, 2.05) is 31.2 Å². The number of ether oxygens (including phenoxy) is 2. The van der Waals surface area contributed by atoms with Crippen LogP contribution < -0.4 is 18.7 Å². The summed E-state index contributed by atoms with van der Waals surface area (Å²) in [5, 5.41) is 0. The number of methoxy groups -OCH3 is 2. The van der Waals surface area contributed by atoms with Gasteiger partial charge in [-0.25, -0.2) is 8.42 Å². The van der Waals surface area contributed by atoms with Crippen LogP contribution in [0.4, 0.5) is 11.4 Å². The van der Waals surface area contributed by atoms with E-state index in [2.05, 4.69) is 0 Å². The minimum absolute atomic E-state index is 0.0924. The van der Waals surface area contributed by atoms with Crippen LogP contribution in [-0.2, 0) is 21.2 Å². The van der Waals surface area contributed by atoms with E-state index in [4.69, 9.17) is 9.47 Å². The first-order valence-corrected chi connectivity index (χ1v) is 12.5. The van der Waals surface area contributed by atoms with Crippen molar-refractivity contribution >= 4 is 27.3 Å². The van der Waals surface area contributed by atoms with Crippen molar-refractivity contribution in [2.24, 2.45) is 0 Å². The van der Waals surface area contributed by atoms with Gasteiger partial charge in [-0.1, -0.05) is 35.9 Å². The molecule has 1 amide bonds. The van der Waals surface area contributed by atoms with Crippen LogP contribution in [0.3, 0.4) is 0 Å². The van der Waals surface area contributed by atoms with Crippen molar-refractivity contribution in [3.8, 4) is 11.5 Å². The smallest absolute Gasteiger partial charge is 0.264 e. The molecule has 1 aliphatic rings. The number of hydrogen-bond donors (Lipinski definition) is 0. The van der Waals surface area contributed by atoms with Gasteiger partial charge < -0.3 is 14.4 Å². The van der Waals surface area contributed by atoms with Crippen molar-refractivity contribution in [1.29, 1.82) is 0 Å². The molecule has 1 aliphatic heterocycles. The van der Waals surface area contributed by atoms with E-state index in [1.54, 1.807) is 47.4 Å². The van der Waals surface area contributed by atoms with Gasteiger partial charge in [0.25, 0.3) is 10.0 Å². The first-order chi connectivity index (χ1) is 16.3. The number of benzene rings is 3. The monoisotopic (exact) mass is 480 g/mol. The summed E-state index contributed by atoms with van der Waals surface area (Å²) in [5.41, 5.74) is 3.07. The Morgan fingerprint density at radius 1 is 1.00 bits per heavy atom. The number of nitrogens with zero attached hydrogens (tertiary/aromatic N) is 2. The van der Waals surface area contributed by atoms with Crippen molar-refractivity contribution in [3.05, 3.63) is 77.9 Å².